The van der Waals surface area contributed by atoms with Crippen molar-refractivity contribution in [3.05, 3.63) is 120 Å². The molecule has 2 unspecified atom stereocenters. The largest absolute Gasteiger partial charge is 0.490 e. The van der Waals surface area contributed by atoms with Crippen LogP contribution in [0.3, 0.4) is 0 Å². The number of carbonyl (C=O) groups is 2. The molecule has 3 atom stereocenters. The Balaban J connectivity index is 1.03. The summed E-state index contributed by atoms with van der Waals surface area (Å²) in [6.45, 7) is 5.26. The van der Waals surface area contributed by atoms with Crippen LogP contribution in [0.2, 0.25) is 0 Å². The Morgan fingerprint density at radius 1 is 0.846 bits per heavy atom. The van der Waals surface area contributed by atoms with Crippen LogP contribution in [0, 0.1) is 0 Å². The van der Waals surface area contributed by atoms with Crippen LogP contribution in [0.4, 0.5) is 16.2 Å². The molecule has 272 valence electrons. The van der Waals surface area contributed by atoms with E-state index in [4.69, 9.17) is 23.7 Å². The highest BCUT2D eigenvalue weighted by Gasteiger charge is 2.36. The molecule has 10 nitrogen and oxygen atoms in total. The SMILES string of the molecule is COCCCN1CCOc2ccc(COC3CN(C(=O)OCc4ccccc4)CCC3c3ccc(O[C@H]4CCN(c5ccccc5)C4=O)cc3)cc21. The number of para-hydroxylation sites is 1. The van der Waals surface area contributed by atoms with E-state index >= 15 is 0 Å². The van der Waals surface area contributed by atoms with E-state index in [9.17, 15) is 9.59 Å². The number of methoxy groups -OCH3 is 1. The number of amides is 2. The van der Waals surface area contributed by atoms with Crippen LogP contribution >= 0.6 is 0 Å². The number of ether oxygens (including phenoxy) is 5. The summed E-state index contributed by atoms with van der Waals surface area (Å²) < 4.78 is 29.9. The summed E-state index contributed by atoms with van der Waals surface area (Å²) >= 11 is 0. The first-order valence-corrected chi connectivity index (χ1v) is 18.3. The molecule has 3 heterocycles. The topological polar surface area (TPSA) is 90.0 Å². The van der Waals surface area contributed by atoms with Crippen LogP contribution < -0.4 is 19.3 Å². The summed E-state index contributed by atoms with van der Waals surface area (Å²) in [5.41, 5.74) is 5.04. The number of carbonyl (C=O) groups excluding carboxylic acids is 2. The molecule has 0 aromatic heterocycles. The van der Waals surface area contributed by atoms with Crippen molar-refractivity contribution in [2.24, 2.45) is 0 Å². The fourth-order valence-corrected chi connectivity index (χ4v) is 7.27. The van der Waals surface area contributed by atoms with Gasteiger partial charge in [0.15, 0.2) is 6.10 Å². The lowest BCUT2D eigenvalue weighted by atomic mass is 9.87. The van der Waals surface area contributed by atoms with Gasteiger partial charge in [-0.15, -0.1) is 0 Å². The molecule has 2 amide bonds. The van der Waals surface area contributed by atoms with Gasteiger partial charge in [0.1, 0.15) is 24.7 Å². The average Bonchev–Trinajstić information content (AvgIpc) is 3.56. The zero-order valence-corrected chi connectivity index (χ0v) is 29.7. The van der Waals surface area contributed by atoms with Gasteiger partial charge in [0.2, 0.25) is 0 Å². The van der Waals surface area contributed by atoms with E-state index < -0.39 is 6.10 Å². The van der Waals surface area contributed by atoms with E-state index in [0.717, 1.165) is 53.3 Å². The van der Waals surface area contributed by atoms with E-state index in [0.29, 0.717) is 58.0 Å². The minimum atomic E-state index is -0.523. The molecule has 0 saturated carbocycles. The van der Waals surface area contributed by atoms with Crippen LogP contribution in [-0.4, -0.2) is 82.2 Å². The van der Waals surface area contributed by atoms with Crippen molar-refractivity contribution >= 4 is 23.4 Å². The monoisotopic (exact) mass is 705 g/mol. The lowest BCUT2D eigenvalue weighted by molar-refractivity contribution is -0.122. The molecule has 0 aliphatic carbocycles. The molecule has 0 radical (unpaired) electrons. The Kier molecular flexibility index (Phi) is 11.5. The molecule has 2 saturated heterocycles. The number of hydrogen-bond acceptors (Lipinski definition) is 8. The van der Waals surface area contributed by atoms with Crippen molar-refractivity contribution in [1.29, 1.82) is 0 Å². The van der Waals surface area contributed by atoms with Crippen molar-refractivity contribution in [1.82, 2.24) is 4.90 Å². The smallest absolute Gasteiger partial charge is 0.410 e. The molecule has 0 bridgehead atoms. The lowest BCUT2D eigenvalue weighted by Gasteiger charge is -2.38. The second-order valence-corrected chi connectivity index (χ2v) is 13.5. The molecule has 3 aliphatic heterocycles. The van der Waals surface area contributed by atoms with Crippen LogP contribution in [0.25, 0.3) is 0 Å². The Hall–Kier alpha value is -5.06. The molecule has 2 fully saturated rings. The van der Waals surface area contributed by atoms with Gasteiger partial charge < -0.3 is 38.4 Å². The molecule has 4 aromatic carbocycles. The van der Waals surface area contributed by atoms with E-state index in [1.165, 1.54) is 0 Å². The first-order chi connectivity index (χ1) is 25.6. The number of rotatable bonds is 13. The molecule has 4 aromatic rings. The second-order valence-electron chi connectivity index (χ2n) is 13.5. The molecule has 0 spiro atoms. The highest BCUT2D eigenvalue weighted by atomic mass is 16.6. The summed E-state index contributed by atoms with van der Waals surface area (Å²) in [4.78, 5) is 32.3. The average molecular weight is 706 g/mol. The van der Waals surface area contributed by atoms with Gasteiger partial charge >= 0.3 is 6.09 Å². The maximum atomic E-state index is 13.3. The van der Waals surface area contributed by atoms with Gasteiger partial charge in [0.05, 0.1) is 31.5 Å². The quantitative estimate of drug-likeness (QED) is 0.140. The summed E-state index contributed by atoms with van der Waals surface area (Å²) in [6, 6.07) is 33.6. The fourth-order valence-electron chi connectivity index (χ4n) is 7.27. The predicted octanol–water partition coefficient (Wildman–Crippen LogP) is 6.82. The van der Waals surface area contributed by atoms with Gasteiger partial charge in [0, 0.05) is 51.4 Å². The minimum absolute atomic E-state index is 0.0258. The third-order valence-electron chi connectivity index (χ3n) is 10.1. The molecular weight excluding hydrogens is 658 g/mol. The van der Waals surface area contributed by atoms with E-state index in [-0.39, 0.29) is 30.6 Å². The predicted molar refractivity (Wildman–Crippen MR) is 199 cm³/mol. The van der Waals surface area contributed by atoms with Crippen LogP contribution in [0.15, 0.2) is 103 Å². The van der Waals surface area contributed by atoms with Gasteiger partial charge in [-0.2, -0.15) is 0 Å². The van der Waals surface area contributed by atoms with Gasteiger partial charge in [-0.25, -0.2) is 4.79 Å². The third kappa shape index (κ3) is 8.52. The minimum Gasteiger partial charge on any atom is -0.490 e. The maximum absolute atomic E-state index is 13.3. The van der Waals surface area contributed by atoms with Crippen LogP contribution in [-0.2, 0) is 32.2 Å². The Labute approximate surface area is 305 Å². The first kappa shape index (κ1) is 35.3. The van der Waals surface area contributed by atoms with Crippen LogP contribution in [0.5, 0.6) is 11.5 Å². The maximum Gasteiger partial charge on any atom is 0.410 e. The highest BCUT2D eigenvalue weighted by molar-refractivity contribution is 5.99. The fraction of sp³-hybridized carbons (Fsp3) is 0.381. The van der Waals surface area contributed by atoms with E-state index in [2.05, 4.69) is 29.2 Å². The number of fused-ring (bicyclic) bond motifs is 1. The molecular formula is C42H47N3O7. The number of likely N-dealkylation sites (tertiary alicyclic amines) is 1. The van der Waals surface area contributed by atoms with Crippen molar-refractivity contribution in [3.8, 4) is 11.5 Å². The number of benzene rings is 4. The number of nitrogens with zero attached hydrogens (tertiary/aromatic N) is 3. The lowest BCUT2D eigenvalue weighted by Crippen LogP contribution is -2.47. The van der Waals surface area contributed by atoms with Gasteiger partial charge in [-0.1, -0.05) is 66.7 Å². The number of anilines is 2. The molecule has 10 heteroatoms. The third-order valence-corrected chi connectivity index (χ3v) is 10.1. The van der Waals surface area contributed by atoms with Gasteiger partial charge in [-0.3, -0.25) is 4.79 Å². The van der Waals surface area contributed by atoms with E-state index in [1.54, 1.807) is 16.9 Å². The zero-order chi connectivity index (χ0) is 35.7. The number of piperidine rings is 1. The van der Waals surface area contributed by atoms with Crippen LogP contribution in [0.1, 0.15) is 41.9 Å². The van der Waals surface area contributed by atoms with Gasteiger partial charge in [0.25, 0.3) is 5.91 Å². The Morgan fingerprint density at radius 2 is 1.63 bits per heavy atom. The van der Waals surface area contributed by atoms with Gasteiger partial charge in [-0.05, 0) is 65.9 Å². The molecule has 0 N–H and O–H groups in total. The standard InChI is InChI=1S/C42H47N3O7/c1-48-25-8-21-43-24-26-49-38-18-13-32(27-37(38)43)30-50-40-28-44(42(47)51-29-31-9-4-2-5-10-31)22-19-36(40)33-14-16-35(17-15-33)52-39-20-23-45(41(39)46)34-11-6-3-7-12-34/h2-7,9-18,27,36,39-40H,8,19-26,28-30H2,1H3/t36?,39-,40?/m0/s1. The summed E-state index contributed by atoms with van der Waals surface area (Å²) in [5.74, 6) is 1.55. The normalized spacial score (nSPS) is 20.0. The van der Waals surface area contributed by atoms with Crippen molar-refractivity contribution in [2.75, 3.05) is 62.8 Å². The van der Waals surface area contributed by atoms with Crippen molar-refractivity contribution in [2.45, 2.75) is 50.6 Å². The van der Waals surface area contributed by atoms with Crippen molar-refractivity contribution in [3.63, 3.8) is 0 Å². The first-order valence-electron chi connectivity index (χ1n) is 18.3. The highest BCUT2D eigenvalue weighted by Crippen LogP contribution is 2.36. The van der Waals surface area contributed by atoms with Crippen molar-refractivity contribution < 1.29 is 33.3 Å². The molecule has 7 rings (SSSR count). The summed E-state index contributed by atoms with van der Waals surface area (Å²) in [5, 5.41) is 0. The Morgan fingerprint density at radius 3 is 2.42 bits per heavy atom. The molecule has 52 heavy (non-hydrogen) atoms. The summed E-state index contributed by atoms with van der Waals surface area (Å²) in [6.07, 6.45) is 1.14. The van der Waals surface area contributed by atoms with E-state index in [1.807, 2.05) is 78.9 Å². The second kappa shape index (κ2) is 17.0. The summed E-state index contributed by atoms with van der Waals surface area (Å²) in [7, 11) is 1.73. The Bertz CT molecular complexity index is 1770. The molecule has 3 aliphatic rings. The number of hydrogen-bond donors (Lipinski definition) is 0. The zero-order valence-electron chi connectivity index (χ0n) is 29.7.